The molecule has 126 valence electrons. The maximum Gasteiger partial charge on any atom is 0.263 e. The van der Waals surface area contributed by atoms with Gasteiger partial charge in [-0.3, -0.25) is 14.5 Å². The van der Waals surface area contributed by atoms with Crippen LogP contribution in [0.2, 0.25) is 15.1 Å². The van der Waals surface area contributed by atoms with Crippen LogP contribution in [0.1, 0.15) is 31.4 Å². The van der Waals surface area contributed by atoms with E-state index in [4.69, 9.17) is 39.9 Å². The van der Waals surface area contributed by atoms with E-state index in [2.05, 4.69) is 4.98 Å². The molecule has 3 rings (SSSR count). The van der Waals surface area contributed by atoms with E-state index in [1.54, 1.807) is 6.92 Å². The van der Waals surface area contributed by atoms with Crippen molar-refractivity contribution in [2.45, 2.75) is 13.8 Å². The second-order valence-corrected chi connectivity index (χ2v) is 7.54. The van der Waals surface area contributed by atoms with Gasteiger partial charge in [-0.05, 0) is 13.8 Å². The predicted molar refractivity (Wildman–Crippen MR) is 94.5 cm³/mol. The van der Waals surface area contributed by atoms with Gasteiger partial charge in [0.15, 0.2) is 0 Å². The van der Waals surface area contributed by atoms with Gasteiger partial charge in [-0.25, -0.2) is 4.98 Å². The normalized spacial score (nSPS) is 13.8. The number of aliphatic hydroxyl groups excluding tert-OH is 1. The quantitative estimate of drug-likeness (QED) is 0.619. The summed E-state index contributed by atoms with van der Waals surface area (Å²) in [6.07, 6.45) is 0. The number of halogens is 3. The smallest absolute Gasteiger partial charge is 0.263 e. The third-order valence-electron chi connectivity index (χ3n) is 3.69. The second kappa shape index (κ2) is 6.28. The Kier molecular flexibility index (Phi) is 4.61. The molecular weight excluding hydrogens is 395 g/mol. The predicted octanol–water partition coefficient (Wildman–Crippen LogP) is 3.98. The van der Waals surface area contributed by atoms with Gasteiger partial charge in [-0.15, -0.1) is 11.3 Å². The van der Waals surface area contributed by atoms with Crippen molar-refractivity contribution in [2.24, 2.45) is 0 Å². The fourth-order valence-electron chi connectivity index (χ4n) is 2.69. The van der Waals surface area contributed by atoms with E-state index in [-0.39, 0.29) is 39.3 Å². The molecule has 2 heterocycles. The number of carbonyl (C=O) groups excluding carboxylic acids is 2. The molecule has 5 nitrogen and oxygen atoms in total. The zero-order valence-electron chi connectivity index (χ0n) is 12.6. The van der Waals surface area contributed by atoms with Crippen LogP contribution in [0.15, 0.2) is 0 Å². The van der Waals surface area contributed by atoms with Crippen molar-refractivity contribution in [3.63, 3.8) is 0 Å². The molecule has 2 aromatic rings. The summed E-state index contributed by atoms with van der Waals surface area (Å²) in [4.78, 5) is 30.9. The van der Waals surface area contributed by atoms with Gasteiger partial charge in [0.25, 0.3) is 11.8 Å². The molecule has 24 heavy (non-hydrogen) atoms. The number of hydrogen-bond acceptors (Lipinski definition) is 5. The molecule has 0 fully saturated rings. The number of imide groups is 1. The number of β-amino-alcohol motifs (C(OH)–C–C–N with tert-alkyl or cyclic N) is 1. The highest BCUT2D eigenvalue weighted by Crippen LogP contribution is 2.48. The van der Waals surface area contributed by atoms with E-state index >= 15 is 0 Å². The van der Waals surface area contributed by atoms with Crippen LogP contribution in [0.4, 0.5) is 0 Å². The molecular formula is C15H11Cl3N2O3S. The van der Waals surface area contributed by atoms with Crippen LogP contribution >= 0.6 is 46.1 Å². The highest BCUT2D eigenvalue weighted by atomic mass is 35.5. The Balaban J connectivity index is 2.32. The van der Waals surface area contributed by atoms with Crippen LogP contribution in [-0.4, -0.2) is 40.0 Å². The molecule has 0 spiro atoms. The third-order valence-corrected chi connectivity index (χ3v) is 6.01. The van der Waals surface area contributed by atoms with Gasteiger partial charge in [0.05, 0.1) is 54.9 Å². The zero-order chi connectivity index (χ0) is 17.8. The molecule has 1 aromatic heterocycles. The monoisotopic (exact) mass is 404 g/mol. The fraction of sp³-hybridized carbons (Fsp3) is 0.267. The van der Waals surface area contributed by atoms with Gasteiger partial charge in [0, 0.05) is 5.56 Å². The topological polar surface area (TPSA) is 70.5 Å². The number of aryl methyl sites for hydroxylation is 2. The minimum atomic E-state index is -0.610. The highest BCUT2D eigenvalue weighted by Gasteiger charge is 2.41. The van der Waals surface area contributed by atoms with Crippen molar-refractivity contribution in [3.8, 4) is 10.4 Å². The Morgan fingerprint density at radius 1 is 1.00 bits per heavy atom. The van der Waals surface area contributed by atoms with E-state index in [1.165, 1.54) is 11.3 Å². The first-order valence-electron chi connectivity index (χ1n) is 6.91. The molecule has 0 aliphatic carbocycles. The first kappa shape index (κ1) is 17.6. The lowest BCUT2D eigenvalue weighted by atomic mass is 10.0. The average molecular weight is 406 g/mol. The van der Waals surface area contributed by atoms with Crippen molar-refractivity contribution < 1.29 is 14.7 Å². The number of hydrogen-bond donors (Lipinski definition) is 1. The summed E-state index contributed by atoms with van der Waals surface area (Å²) in [7, 11) is 0. The fourth-order valence-corrected chi connectivity index (χ4v) is 4.75. The van der Waals surface area contributed by atoms with Crippen molar-refractivity contribution >= 4 is 58.0 Å². The number of thiazole rings is 1. The molecule has 0 saturated carbocycles. The molecule has 1 aliphatic heterocycles. The summed E-state index contributed by atoms with van der Waals surface area (Å²) in [5, 5.41) is 10.0. The Labute approximate surface area is 156 Å². The lowest BCUT2D eigenvalue weighted by molar-refractivity contribution is 0.0624. The highest BCUT2D eigenvalue weighted by molar-refractivity contribution is 7.15. The minimum absolute atomic E-state index is 0.0182. The average Bonchev–Trinajstić information content (AvgIpc) is 2.97. The van der Waals surface area contributed by atoms with E-state index in [0.29, 0.717) is 16.1 Å². The second-order valence-electron chi connectivity index (χ2n) is 5.20. The number of fused-ring (bicyclic) bond motifs is 1. The lowest BCUT2D eigenvalue weighted by Gasteiger charge is -2.11. The lowest BCUT2D eigenvalue weighted by Crippen LogP contribution is -2.32. The molecule has 9 heteroatoms. The van der Waals surface area contributed by atoms with Crippen LogP contribution in [0, 0.1) is 13.8 Å². The number of rotatable bonds is 3. The maximum atomic E-state index is 12.6. The Bertz CT molecular complexity index is 895. The number of benzene rings is 1. The van der Waals surface area contributed by atoms with E-state index < -0.39 is 11.8 Å². The van der Waals surface area contributed by atoms with E-state index in [0.717, 1.165) is 9.91 Å². The summed E-state index contributed by atoms with van der Waals surface area (Å²) < 4.78 is 0. The van der Waals surface area contributed by atoms with Crippen molar-refractivity contribution in [1.82, 2.24) is 9.88 Å². The summed E-state index contributed by atoms with van der Waals surface area (Å²) in [5.41, 5.74) is 1.11. The SMILES string of the molecule is Cc1nc(C)c(-c2c(Cl)c(Cl)c3c(c2Cl)C(=O)N(CCO)C3=O)s1. The van der Waals surface area contributed by atoms with Crippen molar-refractivity contribution in [1.29, 1.82) is 0 Å². The molecule has 0 radical (unpaired) electrons. The molecule has 0 saturated heterocycles. The maximum absolute atomic E-state index is 12.6. The first-order valence-corrected chi connectivity index (χ1v) is 8.86. The molecule has 1 N–H and O–H groups in total. The zero-order valence-corrected chi connectivity index (χ0v) is 15.7. The largest absolute Gasteiger partial charge is 0.395 e. The molecule has 1 aromatic carbocycles. The molecule has 0 bridgehead atoms. The molecule has 0 unspecified atom stereocenters. The Morgan fingerprint density at radius 2 is 1.54 bits per heavy atom. The number of carbonyl (C=O) groups is 2. The Morgan fingerprint density at radius 3 is 2.04 bits per heavy atom. The van der Waals surface area contributed by atoms with Crippen molar-refractivity contribution in [3.05, 3.63) is 36.9 Å². The first-order chi connectivity index (χ1) is 11.3. The van der Waals surface area contributed by atoms with Crippen LogP contribution in [0.25, 0.3) is 10.4 Å². The van der Waals surface area contributed by atoms with Gasteiger partial charge >= 0.3 is 0 Å². The number of amides is 2. The van der Waals surface area contributed by atoms with Gasteiger partial charge in [0.1, 0.15) is 0 Å². The van der Waals surface area contributed by atoms with Gasteiger partial charge in [0.2, 0.25) is 0 Å². The van der Waals surface area contributed by atoms with Crippen LogP contribution in [0.3, 0.4) is 0 Å². The number of aliphatic hydroxyl groups is 1. The summed E-state index contributed by atoms with van der Waals surface area (Å²) >= 11 is 20.5. The molecule has 0 atom stereocenters. The van der Waals surface area contributed by atoms with Crippen LogP contribution in [0.5, 0.6) is 0 Å². The van der Waals surface area contributed by atoms with E-state index in [1.807, 2.05) is 6.92 Å². The van der Waals surface area contributed by atoms with Crippen LogP contribution < -0.4 is 0 Å². The number of aromatic nitrogens is 1. The van der Waals surface area contributed by atoms with Crippen LogP contribution in [-0.2, 0) is 0 Å². The summed E-state index contributed by atoms with van der Waals surface area (Å²) in [5.74, 6) is -1.20. The standard InChI is InChI=1S/C15H11Cl3N2O3S/c1-5-13(24-6(2)19-5)9-10(16)7-8(11(17)12(9)18)15(23)20(3-4-21)14(7)22/h21H,3-4H2,1-2H3. The van der Waals surface area contributed by atoms with Crippen molar-refractivity contribution in [2.75, 3.05) is 13.2 Å². The van der Waals surface area contributed by atoms with Gasteiger partial charge in [-0.1, -0.05) is 34.8 Å². The summed E-state index contributed by atoms with van der Waals surface area (Å²) in [6.45, 7) is 3.16. The summed E-state index contributed by atoms with van der Waals surface area (Å²) in [6, 6.07) is 0. The number of nitrogens with zero attached hydrogens (tertiary/aromatic N) is 2. The third kappa shape index (κ3) is 2.45. The minimum Gasteiger partial charge on any atom is -0.395 e. The van der Waals surface area contributed by atoms with Gasteiger partial charge < -0.3 is 5.11 Å². The molecule has 2 amide bonds. The van der Waals surface area contributed by atoms with E-state index in [9.17, 15) is 9.59 Å². The van der Waals surface area contributed by atoms with Gasteiger partial charge in [-0.2, -0.15) is 0 Å². The Hall–Kier alpha value is -1.18. The molecule has 1 aliphatic rings.